The van der Waals surface area contributed by atoms with Gasteiger partial charge in [-0.3, -0.25) is 9.59 Å². The van der Waals surface area contributed by atoms with Crippen LogP contribution >= 0.6 is 11.6 Å². The Kier molecular flexibility index (Phi) is 7.01. The lowest BCUT2D eigenvalue weighted by molar-refractivity contribution is -0.179. The lowest BCUT2D eigenvalue weighted by Gasteiger charge is -2.63. The van der Waals surface area contributed by atoms with E-state index in [0.717, 1.165) is 5.57 Å². The Hall–Kier alpha value is -1.58. The quantitative estimate of drug-likeness (QED) is 0.368. The Morgan fingerprint density at radius 3 is 2.38 bits per heavy atom. The van der Waals surface area contributed by atoms with Crippen molar-refractivity contribution in [1.29, 1.82) is 0 Å². The molecule has 1 unspecified atom stereocenters. The summed E-state index contributed by atoms with van der Waals surface area (Å²) in [6.07, 6.45) is 4.99. The summed E-state index contributed by atoms with van der Waals surface area (Å²) in [6, 6.07) is 0. The molecule has 0 aromatic carbocycles. The van der Waals surface area contributed by atoms with Crippen LogP contribution in [0.2, 0.25) is 0 Å². The first-order chi connectivity index (χ1) is 15.6. The third kappa shape index (κ3) is 3.53. The van der Waals surface area contributed by atoms with Crippen LogP contribution in [0.1, 0.15) is 53.4 Å². The highest BCUT2D eigenvalue weighted by atomic mass is 35.5. The van der Waals surface area contributed by atoms with Crippen LogP contribution in [0.3, 0.4) is 0 Å². The molecule has 4 aliphatic carbocycles. The van der Waals surface area contributed by atoms with Gasteiger partial charge < -0.3 is 25.5 Å². The summed E-state index contributed by atoms with van der Waals surface area (Å²) in [4.78, 5) is 33.0. The fourth-order valence-corrected chi connectivity index (χ4v) is 7.78. The van der Waals surface area contributed by atoms with Gasteiger partial charge in [-0.05, 0) is 62.5 Å². The summed E-state index contributed by atoms with van der Waals surface area (Å²) in [5.74, 6) is -2.33. The normalized spacial score (nSPS) is 45.7. The van der Waals surface area contributed by atoms with Crippen LogP contribution in [0.5, 0.6) is 0 Å². The smallest absolute Gasteiger partial charge is 0.332 e. The van der Waals surface area contributed by atoms with Crippen molar-refractivity contribution in [2.75, 3.05) is 6.61 Å². The third-order valence-electron chi connectivity index (χ3n) is 9.15. The minimum absolute atomic E-state index is 0.0567. The van der Waals surface area contributed by atoms with E-state index in [1.165, 1.54) is 13.0 Å². The van der Waals surface area contributed by atoms with Gasteiger partial charge in [-0.15, -0.1) is 11.6 Å². The second kappa shape index (κ2) is 8.82. The van der Waals surface area contributed by atoms with Crippen molar-refractivity contribution < 1.29 is 39.9 Å². The van der Waals surface area contributed by atoms with E-state index in [2.05, 4.69) is 0 Å². The summed E-state index contributed by atoms with van der Waals surface area (Å²) < 4.78 is 0. The molecule has 0 radical (unpaired) electrons. The van der Waals surface area contributed by atoms with Crippen LogP contribution in [-0.4, -0.2) is 72.4 Å². The highest BCUT2D eigenvalue weighted by Gasteiger charge is 2.74. The molecule has 0 saturated heterocycles. The van der Waals surface area contributed by atoms with Crippen LogP contribution in [0.4, 0.5) is 0 Å². The maximum Gasteiger partial charge on any atom is 0.332 e. The van der Waals surface area contributed by atoms with Gasteiger partial charge in [-0.2, -0.15) is 0 Å². The van der Waals surface area contributed by atoms with E-state index in [1.807, 2.05) is 26.8 Å². The van der Waals surface area contributed by atoms with Crippen LogP contribution in [0.25, 0.3) is 0 Å². The first kappa shape index (κ1) is 27.0. The Bertz CT molecular complexity index is 943. The van der Waals surface area contributed by atoms with Crippen molar-refractivity contribution in [2.24, 2.45) is 28.6 Å². The number of aliphatic carboxylic acids is 1. The zero-order chi connectivity index (χ0) is 25.9. The average molecular weight is 499 g/mol. The highest BCUT2D eigenvalue weighted by molar-refractivity contribution is 6.26. The topological polar surface area (TPSA) is 152 Å². The van der Waals surface area contributed by atoms with Gasteiger partial charge in [0.25, 0.3) is 0 Å². The molecule has 0 aliphatic heterocycles. The Balaban J connectivity index is 0.000000481. The van der Waals surface area contributed by atoms with E-state index in [9.17, 15) is 29.7 Å². The zero-order valence-corrected chi connectivity index (χ0v) is 20.7. The molecule has 4 rings (SSSR count). The van der Waals surface area contributed by atoms with Gasteiger partial charge in [0, 0.05) is 10.8 Å². The second-order valence-electron chi connectivity index (χ2n) is 10.8. The number of allylic oxidation sites excluding steroid dienone is 4. The maximum atomic E-state index is 12.6. The second-order valence-corrected chi connectivity index (χ2v) is 11.4. The van der Waals surface area contributed by atoms with Gasteiger partial charge in [-0.25, -0.2) is 4.79 Å². The fraction of sp³-hybridized carbons (Fsp3) is 0.720. The van der Waals surface area contributed by atoms with Gasteiger partial charge >= 0.3 is 5.97 Å². The van der Waals surface area contributed by atoms with E-state index in [1.54, 1.807) is 6.08 Å². The van der Waals surface area contributed by atoms with Gasteiger partial charge in [0.1, 0.15) is 18.3 Å². The average Bonchev–Trinajstić information content (AvgIpc) is 2.96. The number of aliphatic hydroxyl groups excluding tert-OH is 3. The predicted octanol–water partition coefficient (Wildman–Crippen LogP) is 1.62. The largest absolute Gasteiger partial charge is 0.479 e. The molecule has 0 bridgehead atoms. The number of carboxylic acid groups (broad SMARTS) is 1. The number of aliphatic hydroxyl groups is 4. The van der Waals surface area contributed by atoms with Crippen molar-refractivity contribution in [2.45, 2.75) is 76.1 Å². The minimum atomic E-state index is -1.68. The number of hydrogen-bond acceptors (Lipinski definition) is 7. The van der Waals surface area contributed by atoms with E-state index in [4.69, 9.17) is 21.8 Å². The van der Waals surface area contributed by atoms with Crippen LogP contribution in [0.15, 0.2) is 23.8 Å². The monoisotopic (exact) mass is 498 g/mol. The molecular formula is C25H35ClO8. The molecule has 3 saturated carbocycles. The standard InChI is InChI=1S/C22H29ClO5.C3H6O3/c1-12-8-16-15-5-4-13-9-14(25)6-7-19(13,2)21(15,23)17(26)10-20(16,3)22(12,28)18(27)11-24;1-2(4)3(5)6/h6-7,9,12,15-17,24,26,28H,4-5,8,10-11H2,1-3H3;2,4H,1H3,(H,5,6)/t12-,15-,16-,17-,19-,20-,21-,22-;/m0./s1. The lowest BCUT2D eigenvalue weighted by Crippen LogP contribution is -2.69. The molecule has 3 fully saturated rings. The predicted molar refractivity (Wildman–Crippen MR) is 124 cm³/mol. The zero-order valence-electron chi connectivity index (χ0n) is 20.0. The van der Waals surface area contributed by atoms with Gasteiger partial charge in [0.05, 0.1) is 11.0 Å². The molecule has 0 heterocycles. The first-order valence-corrected chi connectivity index (χ1v) is 12.1. The SMILES string of the molecule is CC(O)C(=O)O.C[C@H]1C[C@H]2[C@@H]3CCC4=CC(=O)C=C[C@]4(C)[C@@]3(Cl)[C@@H](O)C[C@]2(C)[C@@]1(O)C(=O)CO. The molecule has 9 heteroatoms. The van der Waals surface area contributed by atoms with E-state index < -0.39 is 51.9 Å². The van der Waals surface area contributed by atoms with Crippen LogP contribution < -0.4 is 0 Å². The number of fused-ring (bicyclic) bond motifs is 5. The minimum Gasteiger partial charge on any atom is -0.479 e. The first-order valence-electron chi connectivity index (χ1n) is 11.7. The number of carbonyl (C=O) groups excluding carboxylic acids is 2. The number of hydrogen-bond donors (Lipinski definition) is 5. The van der Waals surface area contributed by atoms with E-state index in [-0.39, 0.29) is 30.0 Å². The molecule has 190 valence electrons. The third-order valence-corrected chi connectivity index (χ3v) is 10.1. The number of carbonyl (C=O) groups is 3. The van der Waals surface area contributed by atoms with Gasteiger partial charge in [-0.1, -0.05) is 32.4 Å². The molecule has 0 spiro atoms. The molecule has 9 atom stereocenters. The van der Waals surface area contributed by atoms with Crippen molar-refractivity contribution in [3.05, 3.63) is 23.8 Å². The molecular weight excluding hydrogens is 464 g/mol. The number of ketones is 2. The lowest BCUT2D eigenvalue weighted by atomic mass is 9.45. The molecule has 0 aromatic rings. The van der Waals surface area contributed by atoms with Crippen LogP contribution in [-0.2, 0) is 14.4 Å². The van der Waals surface area contributed by atoms with E-state index in [0.29, 0.717) is 19.3 Å². The number of Topliss-reactive ketones (excluding diaryl/α,β-unsaturated/α-hetero) is 1. The highest BCUT2D eigenvalue weighted by Crippen LogP contribution is 2.71. The summed E-state index contributed by atoms with van der Waals surface area (Å²) >= 11 is 7.30. The fourth-order valence-electron chi connectivity index (χ4n) is 7.26. The number of halogens is 1. The van der Waals surface area contributed by atoms with Crippen molar-refractivity contribution in [3.63, 3.8) is 0 Å². The van der Waals surface area contributed by atoms with Gasteiger partial charge in [0.15, 0.2) is 11.6 Å². The summed E-state index contributed by atoms with van der Waals surface area (Å²) in [5.41, 5.74) is -2.25. The van der Waals surface area contributed by atoms with Crippen molar-refractivity contribution in [1.82, 2.24) is 0 Å². The van der Waals surface area contributed by atoms with Crippen molar-refractivity contribution in [3.8, 4) is 0 Å². The van der Waals surface area contributed by atoms with Gasteiger partial charge in [0.2, 0.25) is 0 Å². The number of alkyl halides is 1. The summed E-state index contributed by atoms with van der Waals surface area (Å²) in [7, 11) is 0. The molecule has 0 aromatic heterocycles. The Morgan fingerprint density at radius 1 is 1.26 bits per heavy atom. The molecule has 34 heavy (non-hydrogen) atoms. The van der Waals surface area contributed by atoms with Crippen LogP contribution in [0, 0.1) is 28.6 Å². The number of rotatable bonds is 3. The Labute approximate surface area is 204 Å². The Morgan fingerprint density at radius 2 is 1.85 bits per heavy atom. The summed E-state index contributed by atoms with van der Waals surface area (Å²) in [6.45, 7) is 6.17. The maximum absolute atomic E-state index is 12.6. The van der Waals surface area contributed by atoms with E-state index >= 15 is 0 Å². The van der Waals surface area contributed by atoms with Crippen molar-refractivity contribution >= 4 is 29.1 Å². The number of carboxylic acids is 1. The molecule has 5 N–H and O–H groups in total. The summed E-state index contributed by atoms with van der Waals surface area (Å²) in [5, 5.41) is 48.1. The molecule has 4 aliphatic rings. The molecule has 0 amide bonds. The molecule has 8 nitrogen and oxygen atoms in total.